The number of hydrogen-bond donors (Lipinski definition) is 0. The number of nitrogens with zero attached hydrogens (tertiary/aromatic N) is 3. The fourth-order valence-electron chi connectivity index (χ4n) is 7.16. The quantitative estimate of drug-likeness (QED) is 0.200. The summed E-state index contributed by atoms with van der Waals surface area (Å²) in [7, 11) is 0. The molecule has 0 aliphatic carbocycles. The van der Waals surface area contributed by atoms with Crippen molar-refractivity contribution in [3.05, 3.63) is 114 Å². The van der Waals surface area contributed by atoms with Gasteiger partial charge in [0.15, 0.2) is 11.9 Å². The summed E-state index contributed by atoms with van der Waals surface area (Å²) in [6.45, 7) is 20.0. The van der Waals surface area contributed by atoms with Crippen LogP contribution in [-0.4, -0.2) is 16.7 Å². The summed E-state index contributed by atoms with van der Waals surface area (Å²) in [5, 5.41) is 2.16. The van der Waals surface area contributed by atoms with Crippen molar-refractivity contribution in [2.45, 2.75) is 72.3 Å². The molecule has 5 aromatic rings. The van der Waals surface area contributed by atoms with E-state index in [-0.39, 0.29) is 17.4 Å². The Morgan fingerprint density at radius 3 is 2.63 bits per heavy atom. The van der Waals surface area contributed by atoms with E-state index in [0.717, 1.165) is 59.1 Å². The van der Waals surface area contributed by atoms with Gasteiger partial charge in [-0.2, -0.15) is 4.57 Å². The number of hydrogen-bond acceptors (Lipinski definition) is 3. The van der Waals surface area contributed by atoms with Gasteiger partial charge in [0.05, 0.1) is 23.7 Å². The molecule has 5 heterocycles. The predicted molar refractivity (Wildman–Crippen MR) is 178 cm³/mol. The molecular formula is C39H40N3O+. The number of benzene rings is 2. The molecule has 3 aromatic heterocycles. The average molecular weight is 567 g/mol. The number of aromatic nitrogens is 2. The summed E-state index contributed by atoms with van der Waals surface area (Å²) in [5.41, 5.74) is 13.7. The van der Waals surface area contributed by atoms with Gasteiger partial charge in [-0.25, -0.2) is 4.98 Å². The standard InChI is InChI=1S/C39H40N3O/c1-8-34-29-12-10-9-11-28(29)30-16-14-26-19-37-33(31-15-13-24(3)40-38(31)43-37)20-32(26)36-18-27(21-39(5,6)7)23(2)22-42(36)25(4)17-35(30)41-34/h8-13,15,18-20,22,30,35H,1,4,14,16-17,21H2,2-3,5-7H3/q+1. The molecule has 0 amide bonds. The van der Waals surface area contributed by atoms with Gasteiger partial charge in [-0.3, -0.25) is 4.99 Å². The topological polar surface area (TPSA) is 42.3 Å². The SMILES string of the molecule is C=CC1=NC2CC(=C)[n+]3cc(C)c(CC(C)(C)C)cc3-c3cc4c(cc3CCC2c2ccccc21)oc1nc(C)ccc14. The lowest BCUT2D eigenvalue weighted by Gasteiger charge is -2.32. The first-order chi connectivity index (χ1) is 20.6. The molecule has 0 saturated carbocycles. The molecule has 0 saturated heterocycles. The molecule has 2 aromatic carbocycles. The Morgan fingerprint density at radius 1 is 1.02 bits per heavy atom. The molecule has 0 spiro atoms. The minimum atomic E-state index is 0.0916. The molecule has 7 rings (SSSR count). The van der Waals surface area contributed by atoms with Crippen LogP contribution in [0.4, 0.5) is 0 Å². The third kappa shape index (κ3) is 4.83. The fraction of sp³-hybridized carbons (Fsp3) is 0.308. The molecule has 43 heavy (non-hydrogen) atoms. The van der Waals surface area contributed by atoms with E-state index in [1.807, 2.05) is 13.0 Å². The molecule has 4 nitrogen and oxygen atoms in total. The highest BCUT2D eigenvalue weighted by atomic mass is 16.3. The van der Waals surface area contributed by atoms with Gasteiger partial charge in [0, 0.05) is 39.6 Å². The smallest absolute Gasteiger partial charge is 0.227 e. The number of pyridine rings is 2. The fourth-order valence-corrected chi connectivity index (χ4v) is 7.16. The lowest BCUT2D eigenvalue weighted by atomic mass is 9.78. The van der Waals surface area contributed by atoms with Gasteiger partial charge in [-0.15, -0.1) is 0 Å². The maximum atomic E-state index is 6.37. The first-order valence-electron chi connectivity index (χ1n) is 15.5. The van der Waals surface area contributed by atoms with E-state index in [4.69, 9.17) is 21.0 Å². The van der Waals surface area contributed by atoms with Gasteiger partial charge in [0.1, 0.15) is 5.58 Å². The average Bonchev–Trinajstić information content (AvgIpc) is 3.31. The Labute approximate surface area is 254 Å². The van der Waals surface area contributed by atoms with E-state index >= 15 is 0 Å². The van der Waals surface area contributed by atoms with Crippen LogP contribution in [0.3, 0.4) is 0 Å². The number of fused-ring (bicyclic) bond motifs is 9. The second kappa shape index (κ2) is 10.2. The largest absolute Gasteiger partial charge is 0.438 e. The zero-order chi connectivity index (χ0) is 30.0. The molecule has 0 N–H and O–H groups in total. The van der Waals surface area contributed by atoms with Crippen molar-refractivity contribution in [1.82, 2.24) is 4.98 Å². The predicted octanol–water partition coefficient (Wildman–Crippen LogP) is 9.09. The molecule has 0 fully saturated rings. The Bertz CT molecular complexity index is 1980. The molecule has 4 heteroatoms. The number of allylic oxidation sites excluding steroid dienone is 1. The van der Waals surface area contributed by atoms with E-state index in [2.05, 4.69) is 99.6 Å². The van der Waals surface area contributed by atoms with E-state index in [1.165, 1.54) is 39.1 Å². The zero-order valence-electron chi connectivity index (χ0n) is 26.0. The molecule has 2 unspecified atom stereocenters. The van der Waals surface area contributed by atoms with Crippen LogP contribution < -0.4 is 4.57 Å². The van der Waals surface area contributed by atoms with Crippen LogP contribution in [0.25, 0.3) is 39.0 Å². The van der Waals surface area contributed by atoms with Gasteiger partial charge in [-0.1, -0.05) is 51.6 Å². The van der Waals surface area contributed by atoms with Gasteiger partial charge < -0.3 is 4.42 Å². The third-order valence-corrected chi connectivity index (χ3v) is 9.21. The van der Waals surface area contributed by atoms with E-state index in [9.17, 15) is 0 Å². The van der Waals surface area contributed by atoms with Crippen molar-refractivity contribution in [2.75, 3.05) is 0 Å². The summed E-state index contributed by atoms with van der Waals surface area (Å²) in [5.74, 6) is 0.281. The van der Waals surface area contributed by atoms with Gasteiger partial charge in [0.2, 0.25) is 11.4 Å². The van der Waals surface area contributed by atoms with Crippen molar-refractivity contribution >= 4 is 33.5 Å². The van der Waals surface area contributed by atoms with Crippen LogP contribution >= 0.6 is 0 Å². The normalized spacial score (nSPS) is 18.4. The van der Waals surface area contributed by atoms with Crippen LogP contribution in [0.5, 0.6) is 0 Å². The zero-order valence-corrected chi connectivity index (χ0v) is 26.0. The highest BCUT2D eigenvalue weighted by molar-refractivity contribution is 6.10. The summed E-state index contributed by atoms with van der Waals surface area (Å²) in [6.07, 6.45) is 7.89. The van der Waals surface area contributed by atoms with Crippen molar-refractivity contribution in [3.8, 4) is 11.3 Å². The van der Waals surface area contributed by atoms with E-state index in [0.29, 0.717) is 5.71 Å². The maximum Gasteiger partial charge on any atom is 0.227 e. The number of aryl methyl sites for hydroxylation is 3. The number of furan rings is 1. The Morgan fingerprint density at radius 2 is 1.84 bits per heavy atom. The highest BCUT2D eigenvalue weighted by Gasteiger charge is 2.35. The van der Waals surface area contributed by atoms with Crippen molar-refractivity contribution in [2.24, 2.45) is 10.4 Å². The monoisotopic (exact) mass is 566 g/mol. The summed E-state index contributed by atoms with van der Waals surface area (Å²) >= 11 is 0. The maximum absolute atomic E-state index is 6.37. The number of rotatable bonds is 2. The second-order valence-corrected chi connectivity index (χ2v) is 13.7. The third-order valence-electron chi connectivity index (χ3n) is 9.21. The van der Waals surface area contributed by atoms with Crippen LogP contribution in [0, 0.1) is 19.3 Å². The Hall–Kier alpha value is -4.31. The minimum absolute atomic E-state index is 0.0916. The summed E-state index contributed by atoms with van der Waals surface area (Å²) < 4.78 is 8.70. The van der Waals surface area contributed by atoms with E-state index < -0.39 is 0 Å². The van der Waals surface area contributed by atoms with E-state index in [1.54, 1.807) is 0 Å². The lowest BCUT2D eigenvalue weighted by Crippen LogP contribution is -2.39. The van der Waals surface area contributed by atoms with Gasteiger partial charge >= 0.3 is 0 Å². The first kappa shape index (κ1) is 27.5. The van der Waals surface area contributed by atoms with Gasteiger partial charge in [-0.05, 0) is 92.1 Å². The molecule has 2 aliphatic rings. The lowest BCUT2D eigenvalue weighted by molar-refractivity contribution is -0.571. The van der Waals surface area contributed by atoms with Crippen LogP contribution in [0.1, 0.15) is 73.0 Å². The van der Waals surface area contributed by atoms with Crippen molar-refractivity contribution in [1.29, 1.82) is 0 Å². The molecule has 2 aliphatic heterocycles. The molecule has 216 valence electrons. The Kier molecular flexibility index (Phi) is 6.50. The van der Waals surface area contributed by atoms with Crippen LogP contribution in [0.15, 0.2) is 89.4 Å². The molecule has 2 atom stereocenters. The summed E-state index contributed by atoms with van der Waals surface area (Å²) in [4.78, 5) is 10.0. The molecule has 0 radical (unpaired) electrons. The van der Waals surface area contributed by atoms with Crippen molar-refractivity contribution < 1.29 is 8.98 Å². The summed E-state index contributed by atoms with van der Waals surface area (Å²) in [6, 6.07) is 20.0. The van der Waals surface area contributed by atoms with Crippen LogP contribution in [-0.2, 0) is 12.8 Å². The highest BCUT2D eigenvalue weighted by Crippen LogP contribution is 2.41. The van der Waals surface area contributed by atoms with Crippen LogP contribution in [0.2, 0.25) is 0 Å². The van der Waals surface area contributed by atoms with Gasteiger partial charge in [0.25, 0.3) is 0 Å². The molecule has 0 bridgehead atoms. The Balaban J connectivity index is 1.48. The number of aliphatic imine (C=N–C) groups is 1. The van der Waals surface area contributed by atoms with Crippen molar-refractivity contribution in [3.63, 3.8) is 0 Å². The second-order valence-electron chi connectivity index (χ2n) is 13.7. The molecular weight excluding hydrogens is 526 g/mol. The first-order valence-corrected chi connectivity index (χ1v) is 15.5. The minimum Gasteiger partial charge on any atom is -0.438 e.